The second kappa shape index (κ2) is 4.40. The number of aromatic carboxylic acids is 1. The average molecular weight is 248 g/mol. The van der Waals surface area contributed by atoms with Gasteiger partial charge in [-0.25, -0.2) is 19.0 Å². The number of nitrogens with one attached hydrogen (secondary N) is 1. The van der Waals surface area contributed by atoms with Crippen molar-refractivity contribution in [2.24, 2.45) is 0 Å². The van der Waals surface area contributed by atoms with E-state index in [4.69, 9.17) is 5.11 Å². The number of carbonyl (C=O) groups is 1. The molecule has 0 saturated carbocycles. The molecule has 18 heavy (non-hydrogen) atoms. The fourth-order valence-corrected chi connectivity index (χ4v) is 1.58. The summed E-state index contributed by atoms with van der Waals surface area (Å²) in [5.74, 6) is -1.61. The van der Waals surface area contributed by atoms with Gasteiger partial charge < -0.3 is 10.1 Å². The van der Waals surface area contributed by atoms with Crippen molar-refractivity contribution in [2.75, 3.05) is 0 Å². The lowest BCUT2D eigenvalue weighted by Gasteiger charge is -2.06. The molecule has 5 nitrogen and oxygen atoms in total. The number of hydrogen-bond donors (Lipinski definition) is 2. The largest absolute Gasteiger partial charge is 0.478 e. The summed E-state index contributed by atoms with van der Waals surface area (Å²) in [5, 5.41) is 9.01. The van der Waals surface area contributed by atoms with Crippen molar-refractivity contribution in [3.05, 3.63) is 51.8 Å². The number of halogens is 1. The SMILES string of the molecule is Cc1cc(-c2[nH]c(=O)ncc2C(=O)O)ccc1F. The Morgan fingerprint density at radius 2 is 2.17 bits per heavy atom. The molecule has 2 aromatic rings. The van der Waals surface area contributed by atoms with Crippen LogP contribution >= 0.6 is 0 Å². The number of benzene rings is 1. The van der Waals surface area contributed by atoms with Crippen LogP contribution in [-0.4, -0.2) is 21.0 Å². The number of rotatable bonds is 2. The van der Waals surface area contributed by atoms with E-state index in [0.717, 1.165) is 6.20 Å². The van der Waals surface area contributed by atoms with Gasteiger partial charge in [0.2, 0.25) is 0 Å². The van der Waals surface area contributed by atoms with Crippen LogP contribution in [0.1, 0.15) is 15.9 Å². The molecule has 2 rings (SSSR count). The standard InChI is InChI=1S/C12H9FN2O3/c1-6-4-7(2-3-9(6)13)10-8(11(16)17)5-14-12(18)15-10/h2-5H,1H3,(H,16,17)(H,14,15,18). The molecule has 0 unspecified atom stereocenters. The number of carboxylic acids is 1. The molecule has 2 N–H and O–H groups in total. The number of hydrogen-bond acceptors (Lipinski definition) is 3. The molecule has 6 heteroatoms. The van der Waals surface area contributed by atoms with Gasteiger partial charge in [-0.1, -0.05) is 0 Å². The maximum Gasteiger partial charge on any atom is 0.345 e. The molecule has 0 radical (unpaired) electrons. The Labute approximate surface area is 101 Å². The van der Waals surface area contributed by atoms with E-state index in [1.165, 1.54) is 18.2 Å². The third-order valence-electron chi connectivity index (χ3n) is 2.49. The van der Waals surface area contributed by atoms with Crippen LogP contribution < -0.4 is 5.69 Å². The monoisotopic (exact) mass is 248 g/mol. The highest BCUT2D eigenvalue weighted by atomic mass is 19.1. The molecular weight excluding hydrogens is 239 g/mol. The van der Waals surface area contributed by atoms with Crippen molar-refractivity contribution in [1.29, 1.82) is 0 Å². The number of carboxylic acid groups (broad SMARTS) is 1. The number of aryl methyl sites for hydroxylation is 1. The molecule has 0 spiro atoms. The first kappa shape index (κ1) is 12.0. The van der Waals surface area contributed by atoms with Crippen LogP contribution in [0.3, 0.4) is 0 Å². The summed E-state index contributed by atoms with van der Waals surface area (Å²) in [6.07, 6.45) is 0.981. The van der Waals surface area contributed by atoms with E-state index >= 15 is 0 Å². The van der Waals surface area contributed by atoms with Crippen molar-refractivity contribution in [2.45, 2.75) is 6.92 Å². The van der Waals surface area contributed by atoms with Crippen molar-refractivity contribution in [1.82, 2.24) is 9.97 Å². The van der Waals surface area contributed by atoms with Gasteiger partial charge in [0.05, 0.1) is 5.69 Å². The minimum absolute atomic E-state index is 0.116. The van der Waals surface area contributed by atoms with Gasteiger partial charge in [0.15, 0.2) is 0 Å². The molecule has 0 saturated heterocycles. The molecule has 0 bridgehead atoms. The van der Waals surface area contributed by atoms with Crippen LogP contribution in [-0.2, 0) is 0 Å². The Hall–Kier alpha value is -2.50. The van der Waals surface area contributed by atoms with Crippen molar-refractivity contribution in [3.8, 4) is 11.3 Å². The van der Waals surface area contributed by atoms with Crippen molar-refractivity contribution >= 4 is 5.97 Å². The van der Waals surface area contributed by atoms with E-state index < -0.39 is 17.5 Å². The predicted octanol–water partition coefficient (Wildman–Crippen LogP) is 1.58. The topological polar surface area (TPSA) is 83.0 Å². The van der Waals surface area contributed by atoms with Crippen LogP contribution in [0.25, 0.3) is 11.3 Å². The van der Waals surface area contributed by atoms with E-state index in [1.54, 1.807) is 6.92 Å². The summed E-state index contributed by atoms with van der Waals surface area (Å²) < 4.78 is 13.2. The zero-order valence-corrected chi connectivity index (χ0v) is 9.40. The number of aromatic nitrogens is 2. The van der Waals surface area contributed by atoms with Gasteiger partial charge in [-0.2, -0.15) is 0 Å². The molecule has 1 aromatic carbocycles. The van der Waals surface area contributed by atoms with Crippen LogP contribution in [0, 0.1) is 12.7 Å². The first-order valence-corrected chi connectivity index (χ1v) is 5.08. The summed E-state index contributed by atoms with van der Waals surface area (Å²) >= 11 is 0. The third-order valence-corrected chi connectivity index (χ3v) is 2.49. The Kier molecular flexibility index (Phi) is 2.93. The number of aromatic amines is 1. The number of H-pyrrole nitrogens is 1. The van der Waals surface area contributed by atoms with Gasteiger partial charge in [0, 0.05) is 6.20 Å². The Balaban J connectivity index is 2.69. The van der Waals surface area contributed by atoms with Gasteiger partial charge in [-0.3, -0.25) is 0 Å². The second-order valence-corrected chi connectivity index (χ2v) is 3.75. The third kappa shape index (κ3) is 2.13. The highest BCUT2D eigenvalue weighted by Crippen LogP contribution is 2.22. The molecule has 0 fully saturated rings. The van der Waals surface area contributed by atoms with E-state index in [1.807, 2.05) is 0 Å². The minimum Gasteiger partial charge on any atom is -0.478 e. The summed E-state index contributed by atoms with van der Waals surface area (Å²) in [5.41, 5.74) is 0.107. The first-order valence-electron chi connectivity index (χ1n) is 5.08. The lowest BCUT2D eigenvalue weighted by Crippen LogP contribution is -2.15. The lowest BCUT2D eigenvalue weighted by molar-refractivity contribution is 0.0697. The molecule has 92 valence electrons. The number of nitrogens with zero attached hydrogens (tertiary/aromatic N) is 1. The van der Waals surface area contributed by atoms with Gasteiger partial charge in [-0.15, -0.1) is 0 Å². The van der Waals surface area contributed by atoms with Crippen molar-refractivity contribution < 1.29 is 14.3 Å². The van der Waals surface area contributed by atoms with Crippen LogP contribution in [0.4, 0.5) is 4.39 Å². The fraction of sp³-hybridized carbons (Fsp3) is 0.0833. The van der Waals surface area contributed by atoms with Crippen molar-refractivity contribution in [3.63, 3.8) is 0 Å². The van der Waals surface area contributed by atoms with Gasteiger partial charge >= 0.3 is 11.7 Å². The zero-order valence-electron chi connectivity index (χ0n) is 9.40. The van der Waals surface area contributed by atoms with E-state index in [0.29, 0.717) is 11.1 Å². The summed E-state index contributed by atoms with van der Waals surface area (Å²) in [6.45, 7) is 1.55. The van der Waals surface area contributed by atoms with Gasteiger partial charge in [-0.05, 0) is 36.2 Å². The summed E-state index contributed by atoms with van der Waals surface area (Å²) in [6, 6.07) is 4.09. The molecule has 0 aliphatic rings. The lowest BCUT2D eigenvalue weighted by atomic mass is 10.0. The Bertz CT molecular complexity index is 679. The molecule has 1 heterocycles. The second-order valence-electron chi connectivity index (χ2n) is 3.75. The molecule has 0 amide bonds. The van der Waals surface area contributed by atoms with E-state index in [9.17, 15) is 14.0 Å². The summed E-state index contributed by atoms with van der Waals surface area (Å²) in [7, 11) is 0. The molecular formula is C12H9FN2O3. The van der Waals surface area contributed by atoms with Gasteiger partial charge in [0.25, 0.3) is 0 Å². The molecule has 0 aliphatic heterocycles. The maximum absolute atomic E-state index is 13.2. The van der Waals surface area contributed by atoms with E-state index in [2.05, 4.69) is 9.97 Å². The normalized spacial score (nSPS) is 10.3. The predicted molar refractivity (Wildman–Crippen MR) is 61.9 cm³/mol. The van der Waals surface area contributed by atoms with Crippen LogP contribution in [0.5, 0.6) is 0 Å². The molecule has 0 aliphatic carbocycles. The fourth-order valence-electron chi connectivity index (χ4n) is 1.58. The maximum atomic E-state index is 13.2. The van der Waals surface area contributed by atoms with Gasteiger partial charge in [0.1, 0.15) is 11.4 Å². The molecule has 1 aromatic heterocycles. The molecule has 0 atom stereocenters. The highest BCUT2D eigenvalue weighted by molar-refractivity contribution is 5.94. The highest BCUT2D eigenvalue weighted by Gasteiger charge is 2.14. The Morgan fingerprint density at radius 3 is 2.78 bits per heavy atom. The van der Waals surface area contributed by atoms with E-state index in [-0.39, 0.29) is 11.3 Å². The van der Waals surface area contributed by atoms with Crippen LogP contribution in [0.15, 0.2) is 29.2 Å². The zero-order chi connectivity index (χ0) is 13.3. The van der Waals surface area contributed by atoms with Crippen LogP contribution in [0.2, 0.25) is 0 Å². The first-order chi connectivity index (χ1) is 8.49. The minimum atomic E-state index is -1.21. The average Bonchev–Trinajstić information content (AvgIpc) is 2.32. The smallest absolute Gasteiger partial charge is 0.345 e. The quantitative estimate of drug-likeness (QED) is 0.845. The summed E-state index contributed by atoms with van der Waals surface area (Å²) in [4.78, 5) is 27.9. The Morgan fingerprint density at radius 1 is 1.44 bits per heavy atom.